The number of unbranched alkanes of at least 4 members (excludes halogenated alkanes) is 1. The fourth-order valence-electron chi connectivity index (χ4n) is 2.77. The predicted molar refractivity (Wildman–Crippen MR) is 93.5 cm³/mol. The van der Waals surface area contributed by atoms with E-state index in [9.17, 15) is 0 Å². The highest BCUT2D eigenvalue weighted by atomic mass is 35.5. The molecule has 0 amide bonds. The number of pyridine rings is 1. The number of H-pyrrole nitrogens is 1. The summed E-state index contributed by atoms with van der Waals surface area (Å²) >= 11 is 12.6. The van der Waals surface area contributed by atoms with Crippen LogP contribution in [0.1, 0.15) is 18.4 Å². The molecule has 0 unspecified atom stereocenters. The molecule has 114 valence electrons. The van der Waals surface area contributed by atoms with Crippen LogP contribution in [0, 0.1) is 0 Å². The van der Waals surface area contributed by atoms with Crippen molar-refractivity contribution in [1.82, 2.24) is 9.97 Å². The molecule has 0 bridgehead atoms. The number of aromatic amines is 1. The Kier molecular flexibility index (Phi) is 4.67. The van der Waals surface area contributed by atoms with E-state index < -0.39 is 0 Å². The van der Waals surface area contributed by atoms with Crippen LogP contribution in [0.15, 0.2) is 36.7 Å². The first-order valence-corrected chi connectivity index (χ1v) is 8.06. The average molecular weight is 334 g/mol. The lowest BCUT2D eigenvalue weighted by atomic mass is 10.0. The number of aromatic nitrogens is 2. The Balaban J connectivity index is 2.17. The summed E-state index contributed by atoms with van der Waals surface area (Å²) in [6.45, 7) is 0.699. The summed E-state index contributed by atoms with van der Waals surface area (Å²) in [5.41, 5.74) is 9.89. The fraction of sp³-hybridized carbons (Fsp3) is 0.235. The lowest BCUT2D eigenvalue weighted by molar-refractivity contribution is 0.748. The molecule has 0 aliphatic rings. The van der Waals surface area contributed by atoms with E-state index in [4.69, 9.17) is 28.9 Å². The highest BCUT2D eigenvalue weighted by Gasteiger charge is 2.16. The van der Waals surface area contributed by atoms with Crippen LogP contribution in [0.25, 0.3) is 22.2 Å². The van der Waals surface area contributed by atoms with E-state index >= 15 is 0 Å². The molecule has 0 spiro atoms. The van der Waals surface area contributed by atoms with Crippen molar-refractivity contribution < 1.29 is 0 Å². The number of halogens is 2. The van der Waals surface area contributed by atoms with Crippen molar-refractivity contribution in [1.29, 1.82) is 0 Å². The first kappa shape index (κ1) is 15.3. The van der Waals surface area contributed by atoms with Crippen molar-refractivity contribution in [2.45, 2.75) is 19.3 Å². The van der Waals surface area contributed by atoms with Crippen LogP contribution in [0.2, 0.25) is 10.0 Å². The van der Waals surface area contributed by atoms with Gasteiger partial charge in [0.2, 0.25) is 0 Å². The third kappa shape index (κ3) is 2.98. The van der Waals surface area contributed by atoms with Gasteiger partial charge in [-0.2, -0.15) is 0 Å². The third-order valence-corrected chi connectivity index (χ3v) is 4.27. The Morgan fingerprint density at radius 2 is 2.05 bits per heavy atom. The van der Waals surface area contributed by atoms with E-state index in [0.717, 1.165) is 41.4 Å². The minimum absolute atomic E-state index is 0.630. The van der Waals surface area contributed by atoms with E-state index in [1.54, 1.807) is 12.3 Å². The Morgan fingerprint density at radius 1 is 1.18 bits per heavy atom. The van der Waals surface area contributed by atoms with Crippen molar-refractivity contribution in [2.24, 2.45) is 5.73 Å². The van der Waals surface area contributed by atoms with E-state index in [0.29, 0.717) is 16.6 Å². The molecule has 3 aromatic rings. The number of aryl methyl sites for hydroxylation is 1. The predicted octanol–water partition coefficient (Wildman–Crippen LogP) is 4.82. The highest BCUT2D eigenvalue weighted by molar-refractivity contribution is 6.39. The monoisotopic (exact) mass is 333 g/mol. The van der Waals surface area contributed by atoms with Gasteiger partial charge in [-0.3, -0.25) is 4.98 Å². The number of hydrogen-bond donors (Lipinski definition) is 2. The van der Waals surface area contributed by atoms with Gasteiger partial charge < -0.3 is 10.7 Å². The van der Waals surface area contributed by atoms with Crippen molar-refractivity contribution >= 4 is 34.1 Å². The molecule has 0 fully saturated rings. The minimum Gasteiger partial charge on any atom is -0.354 e. The van der Waals surface area contributed by atoms with E-state index in [2.05, 4.69) is 9.97 Å². The number of rotatable bonds is 5. The van der Waals surface area contributed by atoms with Crippen LogP contribution < -0.4 is 5.73 Å². The molecule has 22 heavy (non-hydrogen) atoms. The Morgan fingerprint density at radius 3 is 2.77 bits per heavy atom. The molecule has 3 rings (SSSR count). The normalized spacial score (nSPS) is 11.2. The number of hydrogen-bond acceptors (Lipinski definition) is 2. The smallest absolute Gasteiger partial charge is 0.0517 e. The van der Waals surface area contributed by atoms with Gasteiger partial charge in [-0.1, -0.05) is 23.2 Å². The summed E-state index contributed by atoms with van der Waals surface area (Å²) in [4.78, 5) is 7.66. The maximum absolute atomic E-state index is 6.44. The maximum Gasteiger partial charge on any atom is 0.0517 e. The van der Waals surface area contributed by atoms with Gasteiger partial charge in [0.25, 0.3) is 0 Å². The zero-order valence-corrected chi connectivity index (χ0v) is 13.6. The van der Waals surface area contributed by atoms with Crippen LogP contribution in [-0.4, -0.2) is 16.5 Å². The molecule has 0 saturated heterocycles. The number of nitrogens with one attached hydrogen (secondary N) is 1. The van der Waals surface area contributed by atoms with Crippen LogP contribution in [-0.2, 0) is 6.42 Å². The second kappa shape index (κ2) is 6.69. The first-order chi connectivity index (χ1) is 10.7. The summed E-state index contributed by atoms with van der Waals surface area (Å²) in [6, 6.07) is 7.67. The molecule has 0 radical (unpaired) electrons. The average Bonchev–Trinajstić information content (AvgIpc) is 2.87. The molecule has 1 aromatic carbocycles. The SMILES string of the molecule is NCCCCc1c(-c2cccnc2)[nH]c2cc(Cl)cc(Cl)c12. The van der Waals surface area contributed by atoms with Crippen LogP contribution in [0.5, 0.6) is 0 Å². The second-order valence-electron chi connectivity index (χ2n) is 5.28. The van der Waals surface area contributed by atoms with Gasteiger partial charge >= 0.3 is 0 Å². The number of nitrogens with zero attached hydrogens (tertiary/aromatic N) is 1. The van der Waals surface area contributed by atoms with Gasteiger partial charge in [0.15, 0.2) is 0 Å². The third-order valence-electron chi connectivity index (χ3n) is 3.75. The van der Waals surface area contributed by atoms with E-state index in [-0.39, 0.29) is 0 Å². The summed E-state index contributed by atoms with van der Waals surface area (Å²) in [7, 11) is 0. The topological polar surface area (TPSA) is 54.7 Å². The molecule has 2 aromatic heterocycles. The van der Waals surface area contributed by atoms with Gasteiger partial charge in [-0.25, -0.2) is 0 Å². The van der Waals surface area contributed by atoms with Gasteiger partial charge in [-0.05, 0) is 55.6 Å². The summed E-state index contributed by atoms with van der Waals surface area (Å²) in [5, 5.41) is 2.35. The van der Waals surface area contributed by atoms with E-state index in [1.807, 2.05) is 24.4 Å². The summed E-state index contributed by atoms with van der Waals surface area (Å²) in [5.74, 6) is 0. The quantitative estimate of drug-likeness (QED) is 0.657. The lowest BCUT2D eigenvalue weighted by Crippen LogP contribution is -1.99. The standard InChI is InChI=1S/C17H17Cl2N3/c18-12-8-14(19)16-13(5-1-2-6-20)17(22-15(16)9-12)11-4-3-7-21-10-11/h3-4,7-10,22H,1-2,5-6,20H2. The van der Waals surface area contributed by atoms with Crippen LogP contribution >= 0.6 is 23.2 Å². The summed E-state index contributed by atoms with van der Waals surface area (Å²) < 4.78 is 0. The van der Waals surface area contributed by atoms with Gasteiger partial charge in [0.05, 0.1) is 10.7 Å². The zero-order chi connectivity index (χ0) is 15.5. The number of benzene rings is 1. The minimum atomic E-state index is 0.630. The maximum atomic E-state index is 6.44. The van der Waals surface area contributed by atoms with Crippen molar-refractivity contribution in [3.05, 3.63) is 52.3 Å². The molecule has 0 aliphatic carbocycles. The zero-order valence-electron chi connectivity index (χ0n) is 12.1. The highest BCUT2D eigenvalue weighted by Crippen LogP contribution is 2.37. The Labute approximate surface area is 139 Å². The van der Waals surface area contributed by atoms with Gasteiger partial charge in [0.1, 0.15) is 0 Å². The van der Waals surface area contributed by atoms with Crippen LogP contribution in [0.3, 0.4) is 0 Å². The molecule has 0 saturated carbocycles. The molecule has 5 heteroatoms. The second-order valence-corrected chi connectivity index (χ2v) is 6.12. The number of nitrogens with two attached hydrogens (primary N) is 1. The molecular formula is C17H17Cl2N3. The molecular weight excluding hydrogens is 317 g/mol. The largest absolute Gasteiger partial charge is 0.354 e. The Hall–Kier alpha value is -1.55. The Bertz CT molecular complexity index is 781. The summed E-state index contributed by atoms with van der Waals surface area (Å²) in [6.07, 6.45) is 6.56. The fourth-order valence-corrected chi connectivity index (χ4v) is 3.37. The van der Waals surface area contributed by atoms with Crippen molar-refractivity contribution in [2.75, 3.05) is 6.54 Å². The van der Waals surface area contributed by atoms with Crippen LogP contribution in [0.4, 0.5) is 0 Å². The molecule has 0 aliphatic heterocycles. The van der Waals surface area contributed by atoms with Crippen molar-refractivity contribution in [3.8, 4) is 11.3 Å². The number of fused-ring (bicyclic) bond motifs is 1. The van der Waals surface area contributed by atoms with Gasteiger partial charge in [0, 0.05) is 33.9 Å². The molecule has 0 atom stereocenters. The van der Waals surface area contributed by atoms with E-state index in [1.165, 1.54) is 5.56 Å². The molecule has 3 N–H and O–H groups in total. The molecule has 2 heterocycles. The molecule has 3 nitrogen and oxygen atoms in total. The first-order valence-electron chi connectivity index (χ1n) is 7.30. The van der Waals surface area contributed by atoms with Gasteiger partial charge in [-0.15, -0.1) is 0 Å². The lowest BCUT2D eigenvalue weighted by Gasteiger charge is -2.05. The van der Waals surface area contributed by atoms with Crippen molar-refractivity contribution in [3.63, 3.8) is 0 Å².